The van der Waals surface area contributed by atoms with Gasteiger partial charge in [0.1, 0.15) is 5.82 Å². The van der Waals surface area contributed by atoms with E-state index in [0.717, 1.165) is 24.9 Å². The molecule has 17 heavy (non-hydrogen) atoms. The lowest BCUT2D eigenvalue weighted by atomic mass is 10.1. The predicted octanol–water partition coefficient (Wildman–Crippen LogP) is 3.40. The second-order valence-electron chi connectivity index (χ2n) is 4.20. The van der Waals surface area contributed by atoms with Crippen LogP contribution in [0.15, 0.2) is 22.7 Å². The maximum Gasteiger partial charge on any atom is 0.137 e. The predicted molar refractivity (Wildman–Crippen MR) is 71.4 cm³/mol. The van der Waals surface area contributed by atoms with Gasteiger partial charge in [-0.2, -0.15) is 0 Å². The van der Waals surface area contributed by atoms with Crippen molar-refractivity contribution in [1.82, 2.24) is 5.32 Å². The lowest BCUT2D eigenvalue weighted by Crippen LogP contribution is -2.23. The minimum atomic E-state index is -0.248. The SMILES string of the molecule is CCC(O)CCNC(C)c1ccc(F)c(Br)c1. The molecule has 2 N–H and O–H groups in total. The molecule has 1 rings (SSSR count). The molecule has 1 aromatic rings. The molecule has 0 aliphatic carbocycles. The Morgan fingerprint density at radius 1 is 1.47 bits per heavy atom. The van der Waals surface area contributed by atoms with Gasteiger partial charge in [-0.1, -0.05) is 13.0 Å². The molecule has 0 heterocycles. The summed E-state index contributed by atoms with van der Waals surface area (Å²) in [7, 11) is 0. The molecule has 0 spiro atoms. The topological polar surface area (TPSA) is 32.3 Å². The minimum absolute atomic E-state index is 0.149. The Balaban J connectivity index is 2.46. The third kappa shape index (κ3) is 4.74. The average Bonchev–Trinajstić information content (AvgIpc) is 2.32. The van der Waals surface area contributed by atoms with Crippen molar-refractivity contribution in [1.29, 1.82) is 0 Å². The summed E-state index contributed by atoms with van der Waals surface area (Å²) in [6, 6.07) is 5.16. The number of hydrogen-bond donors (Lipinski definition) is 2. The van der Waals surface area contributed by atoms with E-state index in [-0.39, 0.29) is 18.0 Å². The smallest absolute Gasteiger partial charge is 0.137 e. The van der Waals surface area contributed by atoms with Gasteiger partial charge in [-0.15, -0.1) is 0 Å². The number of rotatable bonds is 6. The Morgan fingerprint density at radius 2 is 2.18 bits per heavy atom. The fourth-order valence-corrected chi connectivity index (χ4v) is 1.97. The van der Waals surface area contributed by atoms with E-state index < -0.39 is 0 Å². The van der Waals surface area contributed by atoms with Gasteiger partial charge in [0.15, 0.2) is 0 Å². The minimum Gasteiger partial charge on any atom is -0.393 e. The molecule has 2 unspecified atom stereocenters. The van der Waals surface area contributed by atoms with Crippen LogP contribution in [0.5, 0.6) is 0 Å². The van der Waals surface area contributed by atoms with Gasteiger partial charge < -0.3 is 10.4 Å². The number of nitrogens with one attached hydrogen (secondary N) is 1. The number of aliphatic hydroxyl groups excluding tert-OH is 1. The van der Waals surface area contributed by atoms with Gasteiger partial charge in [-0.25, -0.2) is 4.39 Å². The Bertz CT molecular complexity index is 359. The van der Waals surface area contributed by atoms with Crippen LogP contribution in [0.4, 0.5) is 4.39 Å². The van der Waals surface area contributed by atoms with Crippen molar-refractivity contribution in [2.75, 3.05) is 6.54 Å². The molecule has 0 saturated carbocycles. The lowest BCUT2D eigenvalue weighted by molar-refractivity contribution is 0.159. The van der Waals surface area contributed by atoms with E-state index in [0.29, 0.717) is 4.47 Å². The van der Waals surface area contributed by atoms with Crippen LogP contribution in [0.2, 0.25) is 0 Å². The van der Waals surface area contributed by atoms with E-state index in [1.807, 2.05) is 13.8 Å². The third-order valence-electron chi connectivity index (χ3n) is 2.84. The molecule has 0 aliphatic heterocycles. The highest BCUT2D eigenvalue weighted by Crippen LogP contribution is 2.21. The second-order valence-corrected chi connectivity index (χ2v) is 5.05. The molecule has 0 bridgehead atoms. The summed E-state index contributed by atoms with van der Waals surface area (Å²) < 4.78 is 13.5. The van der Waals surface area contributed by atoms with E-state index >= 15 is 0 Å². The summed E-state index contributed by atoms with van der Waals surface area (Å²) in [5.41, 5.74) is 1.03. The highest BCUT2D eigenvalue weighted by molar-refractivity contribution is 9.10. The molecule has 0 amide bonds. The molecular weight excluding hydrogens is 285 g/mol. The quantitative estimate of drug-likeness (QED) is 0.844. The van der Waals surface area contributed by atoms with Crippen LogP contribution in [0.1, 0.15) is 38.3 Å². The molecular formula is C13H19BrFNO. The Labute approximate surface area is 110 Å². The summed E-state index contributed by atoms with van der Waals surface area (Å²) in [5.74, 6) is -0.248. The first-order valence-corrected chi connectivity index (χ1v) is 6.70. The summed E-state index contributed by atoms with van der Waals surface area (Å²) in [4.78, 5) is 0. The average molecular weight is 304 g/mol. The Kier molecular flexibility index (Phi) is 6.09. The van der Waals surface area contributed by atoms with Crippen LogP contribution in [-0.2, 0) is 0 Å². The number of halogens is 2. The Morgan fingerprint density at radius 3 is 2.76 bits per heavy atom. The summed E-state index contributed by atoms with van der Waals surface area (Å²) in [5, 5.41) is 12.7. The number of hydrogen-bond acceptors (Lipinski definition) is 2. The number of benzene rings is 1. The van der Waals surface area contributed by atoms with Crippen LogP contribution < -0.4 is 5.32 Å². The summed E-state index contributed by atoms with van der Waals surface area (Å²) >= 11 is 3.17. The van der Waals surface area contributed by atoms with Gasteiger partial charge in [0.05, 0.1) is 10.6 Å². The van der Waals surface area contributed by atoms with Gasteiger partial charge in [-0.3, -0.25) is 0 Å². The second kappa shape index (κ2) is 7.09. The fourth-order valence-electron chi connectivity index (χ4n) is 1.57. The molecule has 0 aromatic heterocycles. The monoisotopic (exact) mass is 303 g/mol. The zero-order valence-electron chi connectivity index (χ0n) is 10.2. The highest BCUT2D eigenvalue weighted by Gasteiger charge is 2.08. The van der Waals surface area contributed by atoms with Crippen LogP contribution in [-0.4, -0.2) is 17.8 Å². The van der Waals surface area contributed by atoms with E-state index in [1.165, 1.54) is 6.07 Å². The van der Waals surface area contributed by atoms with Crippen LogP contribution in [0, 0.1) is 5.82 Å². The first-order chi connectivity index (χ1) is 8.04. The highest BCUT2D eigenvalue weighted by atomic mass is 79.9. The zero-order valence-corrected chi connectivity index (χ0v) is 11.8. The van der Waals surface area contributed by atoms with Gasteiger partial charge in [0, 0.05) is 6.04 Å². The van der Waals surface area contributed by atoms with Crippen molar-refractivity contribution >= 4 is 15.9 Å². The molecule has 1 aromatic carbocycles. The van der Waals surface area contributed by atoms with Gasteiger partial charge in [0.2, 0.25) is 0 Å². The van der Waals surface area contributed by atoms with E-state index in [9.17, 15) is 9.50 Å². The third-order valence-corrected chi connectivity index (χ3v) is 3.45. The van der Waals surface area contributed by atoms with E-state index in [4.69, 9.17) is 0 Å². The largest absolute Gasteiger partial charge is 0.393 e. The zero-order chi connectivity index (χ0) is 12.8. The molecule has 96 valence electrons. The molecule has 0 aliphatic rings. The standard InChI is InChI=1S/C13H19BrFNO/c1-3-11(17)6-7-16-9(2)10-4-5-13(15)12(14)8-10/h4-5,8-9,11,16-17H,3,6-7H2,1-2H3. The summed E-state index contributed by atoms with van der Waals surface area (Å²) in [6.45, 7) is 4.74. The fraction of sp³-hybridized carbons (Fsp3) is 0.538. The molecule has 0 saturated heterocycles. The van der Waals surface area contributed by atoms with E-state index in [1.54, 1.807) is 12.1 Å². The van der Waals surface area contributed by atoms with Crippen molar-refractivity contribution < 1.29 is 9.50 Å². The van der Waals surface area contributed by atoms with Crippen molar-refractivity contribution in [3.8, 4) is 0 Å². The van der Waals surface area contributed by atoms with Crippen molar-refractivity contribution in [3.63, 3.8) is 0 Å². The molecule has 0 radical (unpaired) electrons. The van der Waals surface area contributed by atoms with Gasteiger partial charge in [0.25, 0.3) is 0 Å². The Hall–Kier alpha value is -0.450. The van der Waals surface area contributed by atoms with Crippen LogP contribution in [0.25, 0.3) is 0 Å². The van der Waals surface area contributed by atoms with Crippen LogP contribution >= 0.6 is 15.9 Å². The molecule has 4 heteroatoms. The van der Waals surface area contributed by atoms with Gasteiger partial charge >= 0.3 is 0 Å². The number of aliphatic hydroxyl groups is 1. The maximum absolute atomic E-state index is 13.1. The molecule has 2 nitrogen and oxygen atoms in total. The normalized spacial score (nSPS) is 14.6. The van der Waals surface area contributed by atoms with E-state index in [2.05, 4.69) is 21.2 Å². The van der Waals surface area contributed by atoms with Gasteiger partial charge in [-0.05, 0) is 59.9 Å². The molecule has 0 fully saturated rings. The molecule has 2 atom stereocenters. The van der Waals surface area contributed by atoms with Crippen molar-refractivity contribution in [2.24, 2.45) is 0 Å². The lowest BCUT2D eigenvalue weighted by Gasteiger charge is -2.16. The summed E-state index contributed by atoms with van der Waals surface area (Å²) in [6.07, 6.45) is 1.27. The first-order valence-electron chi connectivity index (χ1n) is 5.91. The van der Waals surface area contributed by atoms with Crippen molar-refractivity contribution in [3.05, 3.63) is 34.1 Å². The van der Waals surface area contributed by atoms with Crippen molar-refractivity contribution in [2.45, 2.75) is 38.8 Å². The maximum atomic E-state index is 13.1. The first kappa shape index (κ1) is 14.6. The van der Waals surface area contributed by atoms with Crippen LogP contribution in [0.3, 0.4) is 0 Å².